The molecule has 0 radical (unpaired) electrons. The van der Waals surface area contributed by atoms with Gasteiger partial charge in [0.2, 0.25) is 5.13 Å². The van der Waals surface area contributed by atoms with Crippen molar-refractivity contribution in [2.24, 2.45) is 5.41 Å². The molecule has 2 aliphatic heterocycles. The number of hydrogen-bond donors (Lipinski definition) is 1. The summed E-state index contributed by atoms with van der Waals surface area (Å²) in [4.78, 5) is 16.8. The second kappa shape index (κ2) is 6.48. The Kier molecular flexibility index (Phi) is 4.19. The van der Waals surface area contributed by atoms with Crippen LogP contribution in [0.3, 0.4) is 0 Å². The first-order chi connectivity index (χ1) is 11.8. The van der Waals surface area contributed by atoms with E-state index < -0.39 is 0 Å². The largest absolute Gasteiger partial charge is 0.379 e. The summed E-state index contributed by atoms with van der Waals surface area (Å²) in [5.41, 5.74) is 2.24. The molecule has 128 valence electrons. The highest BCUT2D eigenvalue weighted by atomic mass is 32.1. The molecule has 9 heteroatoms. The number of carbonyl (C=O) groups excluding carboxylic acids is 1. The van der Waals surface area contributed by atoms with Gasteiger partial charge in [-0.05, 0) is 18.9 Å². The van der Waals surface area contributed by atoms with Crippen LogP contribution in [0.4, 0.5) is 5.13 Å². The van der Waals surface area contributed by atoms with Crippen molar-refractivity contribution >= 4 is 22.4 Å². The number of aromatic nitrogens is 4. The van der Waals surface area contributed by atoms with Gasteiger partial charge in [-0.1, -0.05) is 11.3 Å². The van der Waals surface area contributed by atoms with Crippen LogP contribution in [0.2, 0.25) is 0 Å². The van der Waals surface area contributed by atoms with E-state index in [1.807, 2.05) is 4.90 Å². The third kappa shape index (κ3) is 3.01. The number of hydrogen-bond acceptors (Lipinski definition) is 7. The molecule has 2 aromatic heterocycles. The minimum absolute atomic E-state index is 0.0123. The topological polar surface area (TPSA) is 87.2 Å². The second-order valence-electron chi connectivity index (χ2n) is 6.50. The number of ether oxygens (including phenoxy) is 1. The van der Waals surface area contributed by atoms with Crippen LogP contribution < -0.4 is 4.90 Å². The smallest absolute Gasteiger partial charge is 0.271 e. The monoisotopic (exact) mass is 348 g/mol. The number of likely N-dealkylation sites (tertiary alicyclic amines) is 1. The van der Waals surface area contributed by atoms with Crippen LogP contribution in [0.1, 0.15) is 23.3 Å². The SMILES string of the molecule is O=C(c1ccn[nH]1)N1CCCC2(COCCN(c3nncs3)C2)C1. The molecule has 4 heterocycles. The number of H-pyrrole nitrogens is 1. The first-order valence-corrected chi connectivity index (χ1v) is 9.01. The fraction of sp³-hybridized carbons (Fsp3) is 0.600. The number of nitrogens with one attached hydrogen (secondary N) is 1. The Morgan fingerprint density at radius 3 is 3.12 bits per heavy atom. The molecule has 2 aromatic rings. The van der Waals surface area contributed by atoms with E-state index in [-0.39, 0.29) is 11.3 Å². The highest BCUT2D eigenvalue weighted by Gasteiger charge is 2.41. The number of piperidine rings is 1. The highest BCUT2D eigenvalue weighted by molar-refractivity contribution is 7.13. The quantitative estimate of drug-likeness (QED) is 0.872. The van der Waals surface area contributed by atoms with E-state index in [1.54, 1.807) is 29.1 Å². The third-order valence-electron chi connectivity index (χ3n) is 4.74. The number of aromatic amines is 1. The van der Waals surface area contributed by atoms with Crippen molar-refractivity contribution in [3.8, 4) is 0 Å². The lowest BCUT2D eigenvalue weighted by atomic mass is 9.80. The summed E-state index contributed by atoms with van der Waals surface area (Å²) in [5.74, 6) is 0.0123. The fourth-order valence-corrected chi connectivity index (χ4v) is 4.22. The maximum Gasteiger partial charge on any atom is 0.271 e. The summed E-state index contributed by atoms with van der Waals surface area (Å²) in [5, 5.41) is 15.7. The van der Waals surface area contributed by atoms with Crippen LogP contribution in [0, 0.1) is 5.41 Å². The van der Waals surface area contributed by atoms with Crippen LogP contribution in [0.15, 0.2) is 17.8 Å². The predicted octanol–water partition coefficient (Wildman–Crippen LogP) is 1.02. The summed E-state index contributed by atoms with van der Waals surface area (Å²) in [7, 11) is 0. The molecule has 1 atom stereocenters. The van der Waals surface area contributed by atoms with Gasteiger partial charge in [-0.3, -0.25) is 9.89 Å². The van der Waals surface area contributed by atoms with Gasteiger partial charge in [-0.15, -0.1) is 10.2 Å². The van der Waals surface area contributed by atoms with Gasteiger partial charge in [0.15, 0.2) is 0 Å². The van der Waals surface area contributed by atoms with Gasteiger partial charge in [-0.25, -0.2) is 0 Å². The van der Waals surface area contributed by atoms with Crippen molar-refractivity contribution in [3.63, 3.8) is 0 Å². The Bertz CT molecular complexity index is 676. The zero-order valence-corrected chi connectivity index (χ0v) is 14.2. The Morgan fingerprint density at radius 1 is 1.38 bits per heavy atom. The van der Waals surface area contributed by atoms with Gasteiger partial charge in [-0.2, -0.15) is 5.10 Å². The summed E-state index contributed by atoms with van der Waals surface area (Å²) >= 11 is 1.55. The molecule has 1 amide bonds. The average Bonchev–Trinajstić information content (AvgIpc) is 3.28. The molecule has 1 spiro atoms. The molecule has 0 aromatic carbocycles. The highest BCUT2D eigenvalue weighted by Crippen LogP contribution is 2.35. The summed E-state index contributed by atoms with van der Waals surface area (Å²) < 4.78 is 5.89. The van der Waals surface area contributed by atoms with Crippen molar-refractivity contribution in [2.45, 2.75) is 12.8 Å². The zero-order chi connectivity index (χ0) is 16.4. The van der Waals surface area contributed by atoms with Gasteiger partial charge >= 0.3 is 0 Å². The lowest BCUT2D eigenvalue weighted by Crippen LogP contribution is -2.52. The Labute approximate surface area is 143 Å². The molecule has 1 unspecified atom stereocenters. The number of rotatable bonds is 2. The molecular formula is C15H20N6O2S. The molecule has 8 nitrogen and oxygen atoms in total. The van der Waals surface area contributed by atoms with E-state index >= 15 is 0 Å². The van der Waals surface area contributed by atoms with Gasteiger partial charge in [0.05, 0.1) is 13.2 Å². The summed E-state index contributed by atoms with van der Waals surface area (Å²) in [6.45, 7) is 4.48. The third-order valence-corrected chi connectivity index (χ3v) is 5.49. The van der Waals surface area contributed by atoms with E-state index in [0.29, 0.717) is 25.5 Å². The lowest BCUT2D eigenvalue weighted by molar-refractivity contribution is 0.0133. The number of amides is 1. The van der Waals surface area contributed by atoms with E-state index in [9.17, 15) is 4.79 Å². The normalized spacial score (nSPS) is 25.0. The van der Waals surface area contributed by atoms with Gasteiger partial charge in [0.25, 0.3) is 5.91 Å². The van der Waals surface area contributed by atoms with Crippen molar-refractivity contribution in [3.05, 3.63) is 23.5 Å². The average molecular weight is 348 g/mol. The van der Waals surface area contributed by atoms with E-state index in [2.05, 4.69) is 25.3 Å². The van der Waals surface area contributed by atoms with Crippen LogP contribution in [-0.2, 0) is 4.74 Å². The molecule has 24 heavy (non-hydrogen) atoms. The molecule has 2 fully saturated rings. The van der Waals surface area contributed by atoms with Crippen LogP contribution in [0.25, 0.3) is 0 Å². The van der Waals surface area contributed by atoms with Crippen molar-refractivity contribution < 1.29 is 9.53 Å². The Balaban J connectivity index is 1.53. The number of anilines is 1. The number of nitrogens with zero attached hydrogens (tertiary/aromatic N) is 5. The minimum atomic E-state index is -0.0594. The first kappa shape index (κ1) is 15.5. The summed E-state index contributed by atoms with van der Waals surface area (Å²) in [6, 6.07) is 1.72. The molecule has 2 aliphatic rings. The van der Waals surface area contributed by atoms with E-state index in [4.69, 9.17) is 4.74 Å². The van der Waals surface area contributed by atoms with Crippen LogP contribution in [-0.4, -0.2) is 70.6 Å². The number of carbonyl (C=O) groups is 1. The molecule has 4 rings (SSSR count). The molecule has 0 saturated carbocycles. The minimum Gasteiger partial charge on any atom is -0.379 e. The maximum atomic E-state index is 12.7. The fourth-order valence-electron chi connectivity index (χ4n) is 3.63. The predicted molar refractivity (Wildman–Crippen MR) is 89.1 cm³/mol. The van der Waals surface area contributed by atoms with Crippen LogP contribution in [0.5, 0.6) is 0 Å². The second-order valence-corrected chi connectivity index (χ2v) is 7.31. The zero-order valence-electron chi connectivity index (χ0n) is 13.3. The molecule has 0 bridgehead atoms. The molecule has 2 saturated heterocycles. The Morgan fingerprint density at radius 2 is 2.33 bits per heavy atom. The molecule has 0 aliphatic carbocycles. The van der Waals surface area contributed by atoms with E-state index in [0.717, 1.165) is 37.6 Å². The van der Waals surface area contributed by atoms with Gasteiger partial charge in [0, 0.05) is 37.8 Å². The standard InChI is InChI=1S/C15H20N6O2S/c22-13(12-2-4-16-18-12)20-5-1-3-15(8-20)9-21(6-7-23-10-15)14-19-17-11-24-14/h2,4,11H,1,3,5-10H2,(H,16,18). The maximum absolute atomic E-state index is 12.7. The molecular weight excluding hydrogens is 328 g/mol. The van der Waals surface area contributed by atoms with Gasteiger partial charge in [0.1, 0.15) is 11.2 Å². The van der Waals surface area contributed by atoms with Crippen molar-refractivity contribution in [1.82, 2.24) is 25.3 Å². The first-order valence-electron chi connectivity index (χ1n) is 8.13. The van der Waals surface area contributed by atoms with Crippen molar-refractivity contribution in [1.29, 1.82) is 0 Å². The lowest BCUT2D eigenvalue weighted by Gasteiger charge is -2.43. The van der Waals surface area contributed by atoms with Crippen LogP contribution >= 0.6 is 11.3 Å². The van der Waals surface area contributed by atoms with Crippen molar-refractivity contribution in [2.75, 3.05) is 44.3 Å². The van der Waals surface area contributed by atoms with Gasteiger partial charge < -0.3 is 14.5 Å². The molecule has 1 N–H and O–H groups in total. The Hall–Kier alpha value is -2.00. The van der Waals surface area contributed by atoms with E-state index in [1.165, 1.54) is 0 Å². The summed E-state index contributed by atoms with van der Waals surface area (Å²) in [6.07, 6.45) is 3.64.